The van der Waals surface area contributed by atoms with E-state index in [1.165, 1.54) is 4.88 Å². The molecule has 102 valence electrons. The zero-order valence-electron chi connectivity index (χ0n) is 11.1. The average Bonchev–Trinajstić information content (AvgIpc) is 2.90. The number of hydrogen-bond acceptors (Lipinski definition) is 6. The number of thioether (sulfide) groups is 1. The Balaban J connectivity index is 2.05. The number of aromatic nitrogens is 2. The minimum atomic E-state index is 0.0300. The lowest BCUT2D eigenvalue weighted by Crippen LogP contribution is -2.18. The predicted octanol–water partition coefficient (Wildman–Crippen LogP) is 3.10. The zero-order chi connectivity index (χ0) is 13.2. The lowest BCUT2D eigenvalue weighted by molar-refractivity contribution is 0.0698. The number of hydrogen-bond donors (Lipinski definition) is 1. The van der Waals surface area contributed by atoms with E-state index < -0.39 is 0 Å². The van der Waals surface area contributed by atoms with Crippen LogP contribution in [0.25, 0.3) is 10.2 Å². The largest absolute Gasteiger partial charge is 0.372 e. The summed E-state index contributed by atoms with van der Waals surface area (Å²) < 4.78 is 5.78. The molecular weight excluding hydrogens is 278 g/mol. The number of thiophene rings is 1. The van der Waals surface area contributed by atoms with E-state index in [0.717, 1.165) is 46.4 Å². The normalized spacial score (nSPS) is 19.8. The molecule has 6 heteroatoms. The first-order valence-electron chi connectivity index (χ1n) is 6.49. The van der Waals surface area contributed by atoms with E-state index in [-0.39, 0.29) is 6.10 Å². The molecule has 0 aliphatic carbocycles. The Morgan fingerprint density at radius 2 is 2.37 bits per heavy atom. The van der Waals surface area contributed by atoms with Crippen LogP contribution >= 0.6 is 23.1 Å². The van der Waals surface area contributed by atoms with Crippen molar-refractivity contribution in [2.45, 2.75) is 19.4 Å². The molecule has 1 unspecified atom stereocenters. The number of aryl methyl sites for hydroxylation is 1. The molecule has 0 aromatic carbocycles. The highest BCUT2D eigenvalue weighted by molar-refractivity contribution is 7.99. The third-order valence-electron chi connectivity index (χ3n) is 3.15. The molecule has 1 atom stereocenters. The lowest BCUT2D eigenvalue weighted by atomic mass is 10.3. The minimum absolute atomic E-state index is 0.0300. The third kappa shape index (κ3) is 2.57. The van der Waals surface area contributed by atoms with Crippen molar-refractivity contribution in [2.24, 2.45) is 0 Å². The molecule has 1 fully saturated rings. The molecule has 0 spiro atoms. The number of ether oxygens (including phenoxy) is 1. The molecule has 0 radical (unpaired) electrons. The van der Waals surface area contributed by atoms with E-state index >= 15 is 0 Å². The predicted molar refractivity (Wildman–Crippen MR) is 82.4 cm³/mol. The van der Waals surface area contributed by atoms with Crippen molar-refractivity contribution >= 4 is 39.1 Å². The molecule has 1 N–H and O–H groups in total. The van der Waals surface area contributed by atoms with E-state index in [0.29, 0.717) is 0 Å². The molecule has 1 aliphatic heterocycles. The summed E-state index contributed by atoms with van der Waals surface area (Å²) >= 11 is 3.66. The van der Waals surface area contributed by atoms with Gasteiger partial charge in [0.2, 0.25) is 0 Å². The molecule has 1 aliphatic rings. The molecule has 2 aromatic rings. The summed E-state index contributed by atoms with van der Waals surface area (Å²) in [6.07, 6.45) is 1.07. The van der Waals surface area contributed by atoms with Crippen molar-refractivity contribution in [3.63, 3.8) is 0 Å². The van der Waals surface area contributed by atoms with Crippen molar-refractivity contribution < 1.29 is 4.74 Å². The molecule has 2 aromatic heterocycles. The van der Waals surface area contributed by atoms with Gasteiger partial charge in [0.15, 0.2) is 5.82 Å². The SMILES string of the molecule is CCc1cc2c(NC)nc(C3CSCCO3)nc2s1. The average molecular weight is 295 g/mol. The van der Waals surface area contributed by atoms with Crippen LogP contribution in [0.1, 0.15) is 23.7 Å². The van der Waals surface area contributed by atoms with Crippen LogP contribution in [-0.2, 0) is 11.2 Å². The van der Waals surface area contributed by atoms with Gasteiger partial charge in [-0.25, -0.2) is 9.97 Å². The van der Waals surface area contributed by atoms with Gasteiger partial charge in [-0.15, -0.1) is 11.3 Å². The van der Waals surface area contributed by atoms with Gasteiger partial charge >= 0.3 is 0 Å². The smallest absolute Gasteiger partial charge is 0.162 e. The molecule has 0 amide bonds. The van der Waals surface area contributed by atoms with E-state index in [1.807, 2.05) is 18.8 Å². The van der Waals surface area contributed by atoms with Crippen molar-refractivity contribution in [3.05, 3.63) is 16.8 Å². The number of fused-ring (bicyclic) bond motifs is 1. The summed E-state index contributed by atoms with van der Waals surface area (Å²) in [5.74, 6) is 3.74. The van der Waals surface area contributed by atoms with Gasteiger partial charge in [0, 0.05) is 23.4 Å². The summed E-state index contributed by atoms with van der Waals surface area (Å²) in [5.41, 5.74) is 0. The van der Waals surface area contributed by atoms with Gasteiger partial charge in [-0.3, -0.25) is 0 Å². The molecule has 19 heavy (non-hydrogen) atoms. The first-order valence-corrected chi connectivity index (χ1v) is 8.46. The number of anilines is 1. The third-order valence-corrected chi connectivity index (χ3v) is 5.32. The van der Waals surface area contributed by atoms with Gasteiger partial charge in [0.1, 0.15) is 16.8 Å². The fourth-order valence-electron chi connectivity index (χ4n) is 2.13. The summed E-state index contributed by atoms with van der Waals surface area (Å²) in [6, 6.07) is 2.19. The van der Waals surface area contributed by atoms with Gasteiger partial charge in [-0.2, -0.15) is 11.8 Å². The Bertz CT molecular complexity index is 579. The van der Waals surface area contributed by atoms with Crippen LogP contribution in [0, 0.1) is 0 Å². The van der Waals surface area contributed by atoms with E-state index in [4.69, 9.17) is 9.72 Å². The highest BCUT2D eigenvalue weighted by Crippen LogP contribution is 2.32. The number of nitrogens with one attached hydrogen (secondary N) is 1. The Kier molecular flexibility index (Phi) is 3.91. The van der Waals surface area contributed by atoms with Gasteiger partial charge in [0.25, 0.3) is 0 Å². The second kappa shape index (κ2) is 5.64. The first-order chi connectivity index (χ1) is 9.31. The van der Waals surface area contributed by atoms with E-state index in [1.54, 1.807) is 11.3 Å². The Morgan fingerprint density at radius 1 is 1.47 bits per heavy atom. The molecular formula is C13H17N3OS2. The molecule has 3 heterocycles. The van der Waals surface area contributed by atoms with Gasteiger partial charge in [-0.05, 0) is 12.5 Å². The van der Waals surface area contributed by atoms with Gasteiger partial charge in [0.05, 0.1) is 12.0 Å². The Hall–Kier alpha value is -0.850. The summed E-state index contributed by atoms with van der Waals surface area (Å²) in [4.78, 5) is 11.7. The minimum Gasteiger partial charge on any atom is -0.372 e. The standard InChI is InChI=1S/C13H17N3OS2/c1-3-8-6-9-11(14-2)15-12(16-13(9)19-8)10-7-18-5-4-17-10/h6,10H,3-5,7H2,1-2H3,(H,14,15,16). The fraction of sp³-hybridized carbons (Fsp3) is 0.538. The molecule has 3 rings (SSSR count). The molecule has 1 saturated heterocycles. The van der Waals surface area contributed by atoms with Crippen molar-refractivity contribution in [3.8, 4) is 0 Å². The van der Waals surface area contributed by atoms with Crippen molar-refractivity contribution in [1.82, 2.24) is 9.97 Å². The maximum Gasteiger partial charge on any atom is 0.162 e. The van der Waals surface area contributed by atoms with Gasteiger partial charge < -0.3 is 10.1 Å². The topological polar surface area (TPSA) is 47.0 Å². The van der Waals surface area contributed by atoms with Crippen LogP contribution in [-0.4, -0.2) is 35.1 Å². The second-order valence-corrected chi connectivity index (χ2v) is 6.66. The Morgan fingerprint density at radius 3 is 3.05 bits per heavy atom. The van der Waals surface area contributed by atoms with Gasteiger partial charge in [-0.1, -0.05) is 6.92 Å². The number of nitrogens with zero attached hydrogens (tertiary/aromatic N) is 2. The lowest BCUT2D eigenvalue weighted by Gasteiger charge is -2.21. The monoisotopic (exact) mass is 295 g/mol. The zero-order valence-corrected chi connectivity index (χ0v) is 12.7. The van der Waals surface area contributed by atoms with Crippen LogP contribution in [0.3, 0.4) is 0 Å². The highest BCUT2D eigenvalue weighted by atomic mass is 32.2. The quantitative estimate of drug-likeness (QED) is 0.943. The second-order valence-electron chi connectivity index (χ2n) is 4.40. The highest BCUT2D eigenvalue weighted by Gasteiger charge is 2.21. The number of rotatable bonds is 3. The van der Waals surface area contributed by atoms with Crippen LogP contribution in [0.2, 0.25) is 0 Å². The molecule has 0 bridgehead atoms. The fourth-order valence-corrected chi connectivity index (χ4v) is 3.95. The maximum atomic E-state index is 5.78. The molecule has 4 nitrogen and oxygen atoms in total. The summed E-state index contributed by atoms with van der Waals surface area (Å²) in [6.45, 7) is 2.95. The van der Waals surface area contributed by atoms with Crippen LogP contribution in [0.4, 0.5) is 5.82 Å². The summed E-state index contributed by atoms with van der Waals surface area (Å²) in [7, 11) is 1.91. The van der Waals surface area contributed by atoms with E-state index in [2.05, 4.69) is 23.3 Å². The Labute approximate surface area is 121 Å². The van der Waals surface area contributed by atoms with Crippen LogP contribution < -0.4 is 5.32 Å². The molecule has 0 saturated carbocycles. The first kappa shape index (κ1) is 13.1. The maximum absolute atomic E-state index is 5.78. The van der Waals surface area contributed by atoms with Crippen molar-refractivity contribution in [1.29, 1.82) is 0 Å². The summed E-state index contributed by atoms with van der Waals surface area (Å²) in [5, 5.41) is 4.30. The van der Waals surface area contributed by atoms with Crippen LogP contribution in [0.15, 0.2) is 6.07 Å². The van der Waals surface area contributed by atoms with E-state index in [9.17, 15) is 0 Å². The van der Waals surface area contributed by atoms with Crippen LogP contribution in [0.5, 0.6) is 0 Å². The van der Waals surface area contributed by atoms with Crippen molar-refractivity contribution in [2.75, 3.05) is 30.5 Å².